The lowest BCUT2D eigenvalue weighted by molar-refractivity contribution is -0.136. The van der Waals surface area contributed by atoms with Gasteiger partial charge in [0.25, 0.3) is 5.88 Å². The predicted molar refractivity (Wildman–Crippen MR) is 118 cm³/mol. The minimum Gasteiger partial charge on any atom is -0.481 e. The Kier molecular flexibility index (Phi) is 6.43. The number of carbonyl (C=O) groups is 1. The summed E-state index contributed by atoms with van der Waals surface area (Å²) in [6.45, 7) is 3.43. The molecule has 0 spiro atoms. The first-order chi connectivity index (χ1) is 15.1. The maximum atomic E-state index is 11.0. The summed E-state index contributed by atoms with van der Waals surface area (Å²) in [7, 11) is 0. The van der Waals surface area contributed by atoms with Crippen molar-refractivity contribution in [3.63, 3.8) is 0 Å². The van der Waals surface area contributed by atoms with E-state index in [9.17, 15) is 4.79 Å². The highest BCUT2D eigenvalue weighted by Gasteiger charge is 2.29. The number of ether oxygens (including phenoxy) is 1. The fraction of sp³-hybridized carbons (Fsp3) is 0.292. The monoisotopic (exact) mass is 418 g/mol. The summed E-state index contributed by atoms with van der Waals surface area (Å²) in [4.78, 5) is 11.0. The van der Waals surface area contributed by atoms with Gasteiger partial charge in [0.15, 0.2) is 0 Å². The van der Waals surface area contributed by atoms with E-state index in [0.29, 0.717) is 12.4 Å². The van der Waals surface area contributed by atoms with Crippen LogP contribution < -0.4 is 15.4 Å². The zero-order valence-corrected chi connectivity index (χ0v) is 17.4. The Morgan fingerprint density at radius 2 is 2.10 bits per heavy atom. The van der Waals surface area contributed by atoms with Gasteiger partial charge in [-0.1, -0.05) is 48.5 Å². The van der Waals surface area contributed by atoms with Gasteiger partial charge in [-0.05, 0) is 48.2 Å². The minimum atomic E-state index is -0.817. The number of aromatic nitrogens is 2. The van der Waals surface area contributed by atoms with Gasteiger partial charge in [-0.2, -0.15) is 5.10 Å². The standard InChI is InChI=1S/C24H26N4O3/c1-16-7-8-17(14-22(29)30)13-19(16)9-11-25-23(18-5-3-2-4-6-18)21-15-26-20-10-12-27-28-24(20)31-21/h2-8,10,12-13,21,23,25-26H,9,11,14-15H2,1H3,(H,29,30)/t21-,23-/m1/s1. The quantitative estimate of drug-likeness (QED) is 0.517. The van der Waals surface area contributed by atoms with E-state index >= 15 is 0 Å². The third-order valence-electron chi connectivity index (χ3n) is 5.50. The number of anilines is 1. The number of nitrogens with zero attached hydrogens (tertiary/aromatic N) is 2. The maximum absolute atomic E-state index is 11.0. The lowest BCUT2D eigenvalue weighted by Crippen LogP contribution is -2.43. The Morgan fingerprint density at radius 1 is 1.26 bits per heavy atom. The molecule has 3 aromatic rings. The molecular weight excluding hydrogens is 392 g/mol. The van der Waals surface area contributed by atoms with Gasteiger partial charge in [0, 0.05) is 0 Å². The van der Waals surface area contributed by atoms with Crippen molar-refractivity contribution in [1.29, 1.82) is 0 Å². The van der Waals surface area contributed by atoms with E-state index in [1.807, 2.05) is 42.5 Å². The van der Waals surface area contributed by atoms with Gasteiger partial charge in [0.2, 0.25) is 0 Å². The molecule has 2 aromatic carbocycles. The molecule has 0 unspecified atom stereocenters. The number of rotatable bonds is 8. The van der Waals surface area contributed by atoms with Gasteiger partial charge in [-0.3, -0.25) is 4.79 Å². The molecule has 0 bridgehead atoms. The average Bonchev–Trinajstić information content (AvgIpc) is 2.78. The third kappa shape index (κ3) is 5.19. The number of fused-ring (bicyclic) bond motifs is 1. The lowest BCUT2D eigenvalue weighted by Gasteiger charge is -2.33. The number of aryl methyl sites for hydroxylation is 1. The Labute approximate surface area is 181 Å². The number of carboxylic acid groups (broad SMARTS) is 1. The van der Waals surface area contributed by atoms with Crippen LogP contribution in [0.15, 0.2) is 60.8 Å². The van der Waals surface area contributed by atoms with Crippen molar-refractivity contribution in [3.05, 3.63) is 83.0 Å². The molecule has 0 radical (unpaired) electrons. The molecule has 4 rings (SSSR count). The summed E-state index contributed by atoms with van der Waals surface area (Å²) in [6, 6.07) is 17.9. The first-order valence-electron chi connectivity index (χ1n) is 10.4. The van der Waals surface area contributed by atoms with E-state index in [0.717, 1.165) is 40.9 Å². The molecule has 2 heterocycles. The lowest BCUT2D eigenvalue weighted by atomic mass is 9.98. The fourth-order valence-electron chi connectivity index (χ4n) is 3.89. The zero-order valence-electron chi connectivity index (χ0n) is 17.4. The Hall–Kier alpha value is -3.45. The van der Waals surface area contributed by atoms with E-state index in [4.69, 9.17) is 9.84 Å². The van der Waals surface area contributed by atoms with Gasteiger partial charge in [0.1, 0.15) is 11.8 Å². The number of hydrogen-bond acceptors (Lipinski definition) is 6. The van der Waals surface area contributed by atoms with Crippen LogP contribution in [0.5, 0.6) is 5.88 Å². The summed E-state index contributed by atoms with van der Waals surface area (Å²) < 4.78 is 6.17. The fourth-order valence-corrected chi connectivity index (χ4v) is 3.89. The van der Waals surface area contributed by atoms with Crippen molar-refractivity contribution < 1.29 is 14.6 Å². The number of benzene rings is 2. The second kappa shape index (κ2) is 9.57. The first kappa shape index (κ1) is 20.8. The van der Waals surface area contributed by atoms with Crippen molar-refractivity contribution in [2.24, 2.45) is 0 Å². The highest BCUT2D eigenvalue weighted by Crippen LogP contribution is 2.30. The van der Waals surface area contributed by atoms with Gasteiger partial charge in [-0.25, -0.2) is 0 Å². The largest absolute Gasteiger partial charge is 0.481 e. The highest BCUT2D eigenvalue weighted by molar-refractivity contribution is 5.70. The Morgan fingerprint density at radius 3 is 2.90 bits per heavy atom. The van der Waals surface area contributed by atoms with Gasteiger partial charge in [-0.15, -0.1) is 5.10 Å². The molecular formula is C24H26N4O3. The molecule has 0 saturated carbocycles. The smallest absolute Gasteiger partial charge is 0.307 e. The van der Waals surface area contributed by atoms with Gasteiger partial charge in [0.05, 0.1) is 25.2 Å². The SMILES string of the molecule is Cc1ccc(CC(=O)O)cc1CCN[C@H](c1ccccc1)[C@H]1CNc2ccnnc2O1. The Bertz CT molecular complexity index is 1040. The number of carboxylic acids is 1. The molecule has 0 aliphatic carbocycles. The summed E-state index contributed by atoms with van der Waals surface area (Å²) in [5.41, 5.74) is 5.12. The molecule has 160 valence electrons. The molecule has 0 saturated heterocycles. The number of nitrogens with one attached hydrogen (secondary N) is 2. The predicted octanol–water partition coefficient (Wildman–Crippen LogP) is 3.16. The van der Waals surface area contributed by atoms with Crippen LogP contribution >= 0.6 is 0 Å². The van der Waals surface area contributed by atoms with Gasteiger partial charge >= 0.3 is 5.97 Å². The average molecular weight is 418 g/mol. The first-order valence-corrected chi connectivity index (χ1v) is 10.4. The molecule has 1 aromatic heterocycles. The van der Waals surface area contributed by atoms with Crippen molar-refractivity contribution in [3.8, 4) is 5.88 Å². The Balaban J connectivity index is 1.47. The van der Waals surface area contributed by atoms with E-state index in [1.54, 1.807) is 6.20 Å². The van der Waals surface area contributed by atoms with E-state index < -0.39 is 5.97 Å². The summed E-state index contributed by atoms with van der Waals surface area (Å²) in [5, 5.41) is 24.1. The topological polar surface area (TPSA) is 96.4 Å². The van der Waals surface area contributed by atoms with Crippen LogP contribution in [0.1, 0.15) is 28.3 Å². The third-order valence-corrected chi connectivity index (χ3v) is 5.50. The van der Waals surface area contributed by atoms with E-state index in [1.165, 1.54) is 0 Å². The molecule has 1 aliphatic heterocycles. The molecule has 1 aliphatic rings. The van der Waals surface area contributed by atoms with Crippen molar-refractivity contribution in [2.45, 2.75) is 31.9 Å². The van der Waals surface area contributed by atoms with Crippen LogP contribution in [-0.4, -0.2) is 40.5 Å². The van der Waals surface area contributed by atoms with Crippen LogP contribution in [0.25, 0.3) is 0 Å². The maximum Gasteiger partial charge on any atom is 0.307 e. The summed E-state index contributed by atoms with van der Waals surface area (Å²) in [5.74, 6) is -0.305. The molecule has 7 heteroatoms. The van der Waals surface area contributed by atoms with Crippen LogP contribution in [-0.2, 0) is 17.6 Å². The van der Waals surface area contributed by atoms with Crippen molar-refractivity contribution in [1.82, 2.24) is 15.5 Å². The zero-order chi connectivity index (χ0) is 21.6. The summed E-state index contributed by atoms with van der Waals surface area (Å²) >= 11 is 0. The molecule has 3 N–H and O–H groups in total. The number of hydrogen-bond donors (Lipinski definition) is 3. The number of aliphatic carboxylic acids is 1. The molecule has 0 fully saturated rings. The molecule has 2 atom stereocenters. The summed E-state index contributed by atoms with van der Waals surface area (Å²) in [6.07, 6.45) is 2.32. The molecule has 31 heavy (non-hydrogen) atoms. The van der Waals surface area contributed by atoms with Gasteiger partial charge < -0.3 is 20.5 Å². The van der Waals surface area contributed by atoms with Crippen molar-refractivity contribution >= 4 is 11.7 Å². The van der Waals surface area contributed by atoms with Crippen LogP contribution in [0.4, 0.5) is 5.69 Å². The second-order valence-corrected chi connectivity index (χ2v) is 7.71. The highest BCUT2D eigenvalue weighted by atomic mass is 16.5. The van der Waals surface area contributed by atoms with Crippen LogP contribution in [0.3, 0.4) is 0 Å². The van der Waals surface area contributed by atoms with E-state index in [-0.39, 0.29) is 18.6 Å². The van der Waals surface area contributed by atoms with E-state index in [2.05, 4.69) is 39.9 Å². The molecule has 0 amide bonds. The van der Waals surface area contributed by atoms with Crippen LogP contribution in [0, 0.1) is 6.92 Å². The van der Waals surface area contributed by atoms with Crippen LogP contribution in [0.2, 0.25) is 0 Å². The second-order valence-electron chi connectivity index (χ2n) is 7.71. The molecule has 7 nitrogen and oxygen atoms in total. The minimum absolute atomic E-state index is 0.0358. The van der Waals surface area contributed by atoms with Crippen molar-refractivity contribution in [2.75, 3.05) is 18.4 Å². The normalized spacial score (nSPS) is 16.0.